The van der Waals surface area contributed by atoms with Crippen LogP contribution in [0.1, 0.15) is 5.89 Å². The normalized spacial score (nSPS) is 10.4. The second kappa shape index (κ2) is 4.06. The van der Waals surface area contributed by atoms with Gasteiger partial charge in [0.1, 0.15) is 11.6 Å². The molecule has 0 aliphatic rings. The molecule has 0 saturated carbocycles. The van der Waals surface area contributed by atoms with Crippen molar-refractivity contribution in [2.45, 2.75) is 5.88 Å². The zero-order chi connectivity index (χ0) is 9.97. The van der Waals surface area contributed by atoms with Crippen molar-refractivity contribution in [1.29, 1.82) is 0 Å². The Morgan fingerprint density at radius 2 is 2.21 bits per heavy atom. The van der Waals surface area contributed by atoms with Gasteiger partial charge >= 0.3 is 0 Å². The van der Waals surface area contributed by atoms with Crippen molar-refractivity contribution in [1.82, 2.24) is 15.2 Å². The summed E-state index contributed by atoms with van der Waals surface area (Å²) < 4.78 is 6.13. The summed E-state index contributed by atoms with van der Waals surface area (Å²) in [6, 6.07) is 3.64. The molecule has 0 aromatic carbocycles. The SMILES string of the molecule is ClCc1nnc(-c2ccc(Br)cn2)o1. The summed E-state index contributed by atoms with van der Waals surface area (Å²) in [5, 5.41) is 7.54. The minimum atomic E-state index is 0.212. The summed E-state index contributed by atoms with van der Waals surface area (Å²) in [6.07, 6.45) is 1.67. The molecular weight excluding hydrogens is 269 g/mol. The molecule has 0 aliphatic carbocycles. The van der Waals surface area contributed by atoms with Crippen molar-refractivity contribution >= 4 is 27.5 Å². The van der Waals surface area contributed by atoms with Gasteiger partial charge in [-0.1, -0.05) is 0 Å². The molecule has 0 radical (unpaired) electrons. The fraction of sp³-hybridized carbons (Fsp3) is 0.125. The lowest BCUT2D eigenvalue weighted by Crippen LogP contribution is -1.82. The molecule has 0 bridgehead atoms. The minimum absolute atomic E-state index is 0.212. The van der Waals surface area contributed by atoms with Gasteiger partial charge in [-0.15, -0.1) is 21.8 Å². The van der Waals surface area contributed by atoms with Gasteiger partial charge in [0, 0.05) is 10.7 Å². The largest absolute Gasteiger partial charge is 0.418 e. The number of aromatic nitrogens is 3. The zero-order valence-corrected chi connectivity index (χ0v) is 9.29. The average molecular weight is 275 g/mol. The van der Waals surface area contributed by atoms with E-state index in [9.17, 15) is 0 Å². The topological polar surface area (TPSA) is 51.8 Å². The Morgan fingerprint density at radius 3 is 2.79 bits per heavy atom. The lowest BCUT2D eigenvalue weighted by atomic mass is 10.3. The predicted octanol–water partition coefficient (Wildman–Crippen LogP) is 2.63. The van der Waals surface area contributed by atoms with E-state index in [1.807, 2.05) is 6.07 Å². The van der Waals surface area contributed by atoms with Gasteiger partial charge in [-0.2, -0.15) is 0 Å². The number of hydrogen-bond donors (Lipinski definition) is 0. The maximum atomic E-state index is 5.53. The zero-order valence-electron chi connectivity index (χ0n) is 6.94. The van der Waals surface area contributed by atoms with Crippen molar-refractivity contribution in [3.8, 4) is 11.6 Å². The molecular formula is C8H5BrClN3O. The Morgan fingerprint density at radius 1 is 1.36 bits per heavy atom. The lowest BCUT2D eigenvalue weighted by Gasteiger charge is -1.92. The third kappa shape index (κ3) is 1.93. The average Bonchev–Trinajstić information content (AvgIpc) is 2.67. The molecule has 0 unspecified atom stereocenters. The van der Waals surface area contributed by atoms with Gasteiger partial charge in [0.25, 0.3) is 5.89 Å². The third-order valence-electron chi connectivity index (χ3n) is 1.53. The Balaban J connectivity index is 2.34. The molecule has 14 heavy (non-hydrogen) atoms. The summed E-state index contributed by atoms with van der Waals surface area (Å²) in [6.45, 7) is 0. The first-order valence-electron chi connectivity index (χ1n) is 3.80. The summed E-state index contributed by atoms with van der Waals surface area (Å²) in [7, 11) is 0. The van der Waals surface area contributed by atoms with Crippen LogP contribution in [0.2, 0.25) is 0 Å². The fourth-order valence-electron chi connectivity index (χ4n) is 0.913. The number of nitrogens with zero attached hydrogens (tertiary/aromatic N) is 3. The monoisotopic (exact) mass is 273 g/mol. The molecule has 2 heterocycles. The van der Waals surface area contributed by atoms with Crippen LogP contribution in [0, 0.1) is 0 Å². The summed E-state index contributed by atoms with van der Waals surface area (Å²) >= 11 is 8.82. The van der Waals surface area contributed by atoms with Crippen molar-refractivity contribution in [3.63, 3.8) is 0 Å². The quantitative estimate of drug-likeness (QED) is 0.790. The van der Waals surface area contributed by atoms with Crippen LogP contribution in [-0.2, 0) is 5.88 Å². The number of alkyl halides is 1. The number of hydrogen-bond acceptors (Lipinski definition) is 4. The Kier molecular flexibility index (Phi) is 2.79. The van der Waals surface area contributed by atoms with Crippen LogP contribution < -0.4 is 0 Å². The molecule has 0 amide bonds. The van der Waals surface area contributed by atoms with Gasteiger partial charge < -0.3 is 4.42 Å². The highest BCUT2D eigenvalue weighted by Crippen LogP contribution is 2.17. The molecule has 0 N–H and O–H groups in total. The van der Waals surface area contributed by atoms with Crippen LogP contribution in [0.3, 0.4) is 0 Å². The summed E-state index contributed by atoms with van der Waals surface area (Å²) in [5.74, 6) is 0.989. The maximum absolute atomic E-state index is 5.53. The first-order chi connectivity index (χ1) is 6.79. The Bertz CT molecular complexity index is 428. The molecule has 72 valence electrons. The smallest absolute Gasteiger partial charge is 0.266 e. The van der Waals surface area contributed by atoms with Gasteiger partial charge in [-0.05, 0) is 28.1 Å². The van der Waals surface area contributed by atoms with E-state index < -0.39 is 0 Å². The van der Waals surface area contributed by atoms with Crippen molar-refractivity contribution < 1.29 is 4.42 Å². The highest BCUT2D eigenvalue weighted by atomic mass is 79.9. The molecule has 0 aliphatic heterocycles. The van der Waals surface area contributed by atoms with Gasteiger partial charge in [0.15, 0.2) is 0 Å². The second-order valence-electron chi connectivity index (χ2n) is 2.50. The van der Waals surface area contributed by atoms with Crippen molar-refractivity contribution in [2.24, 2.45) is 0 Å². The van der Waals surface area contributed by atoms with E-state index in [0.29, 0.717) is 17.5 Å². The van der Waals surface area contributed by atoms with E-state index in [-0.39, 0.29) is 5.88 Å². The predicted molar refractivity (Wildman–Crippen MR) is 54.8 cm³/mol. The fourth-order valence-corrected chi connectivity index (χ4v) is 1.26. The van der Waals surface area contributed by atoms with Gasteiger partial charge in [-0.3, -0.25) is 0 Å². The second-order valence-corrected chi connectivity index (χ2v) is 3.68. The maximum Gasteiger partial charge on any atom is 0.266 e. The molecule has 0 fully saturated rings. The van der Waals surface area contributed by atoms with Gasteiger partial charge in [-0.25, -0.2) is 4.98 Å². The molecule has 4 nitrogen and oxygen atoms in total. The molecule has 2 rings (SSSR count). The van der Waals surface area contributed by atoms with E-state index in [2.05, 4.69) is 31.1 Å². The molecule has 0 saturated heterocycles. The van der Waals surface area contributed by atoms with Crippen LogP contribution in [0.15, 0.2) is 27.2 Å². The van der Waals surface area contributed by atoms with Crippen LogP contribution in [0.25, 0.3) is 11.6 Å². The van der Waals surface area contributed by atoms with E-state index in [4.69, 9.17) is 16.0 Å². The van der Waals surface area contributed by atoms with Crippen molar-refractivity contribution in [2.75, 3.05) is 0 Å². The molecule has 0 spiro atoms. The standard InChI is InChI=1S/C8H5BrClN3O/c9-5-1-2-6(11-4-5)8-13-12-7(3-10)14-8/h1-2,4H,3H2. The van der Waals surface area contributed by atoms with Crippen LogP contribution in [-0.4, -0.2) is 15.2 Å². The van der Waals surface area contributed by atoms with Gasteiger partial charge in [0.05, 0.1) is 0 Å². The lowest BCUT2D eigenvalue weighted by molar-refractivity contribution is 0.525. The first-order valence-corrected chi connectivity index (χ1v) is 5.12. The summed E-state index contributed by atoms with van der Waals surface area (Å²) in [5.41, 5.74) is 0.636. The van der Waals surface area contributed by atoms with E-state index in [1.54, 1.807) is 12.3 Å². The molecule has 0 atom stereocenters. The molecule has 2 aromatic heterocycles. The highest BCUT2D eigenvalue weighted by molar-refractivity contribution is 9.10. The van der Waals surface area contributed by atoms with Crippen molar-refractivity contribution in [3.05, 3.63) is 28.7 Å². The third-order valence-corrected chi connectivity index (χ3v) is 2.23. The first kappa shape index (κ1) is 9.61. The van der Waals surface area contributed by atoms with E-state index >= 15 is 0 Å². The Labute approximate surface area is 93.4 Å². The number of halogens is 2. The molecule has 2 aromatic rings. The van der Waals surface area contributed by atoms with Gasteiger partial charge in [0.2, 0.25) is 5.89 Å². The number of pyridine rings is 1. The van der Waals surface area contributed by atoms with Crippen LogP contribution in [0.5, 0.6) is 0 Å². The molecule has 6 heteroatoms. The summed E-state index contributed by atoms with van der Waals surface area (Å²) in [4.78, 5) is 4.11. The number of rotatable bonds is 2. The Hall–Kier alpha value is -0.940. The van der Waals surface area contributed by atoms with E-state index in [0.717, 1.165) is 4.47 Å². The highest BCUT2D eigenvalue weighted by Gasteiger charge is 2.08. The van der Waals surface area contributed by atoms with Crippen LogP contribution in [0.4, 0.5) is 0 Å². The minimum Gasteiger partial charge on any atom is -0.418 e. The van der Waals surface area contributed by atoms with E-state index in [1.165, 1.54) is 0 Å². The van der Waals surface area contributed by atoms with Crippen LogP contribution >= 0.6 is 27.5 Å².